The fourth-order valence-electron chi connectivity index (χ4n) is 1.09. The molecule has 1 aromatic carbocycles. The van der Waals surface area contributed by atoms with E-state index in [9.17, 15) is 0 Å². The van der Waals surface area contributed by atoms with Crippen LogP contribution in [0.15, 0.2) is 30.2 Å². The highest BCUT2D eigenvalue weighted by molar-refractivity contribution is 5.14. The van der Waals surface area contributed by atoms with Crippen LogP contribution in [-0.4, -0.2) is 6.54 Å². The van der Waals surface area contributed by atoms with Crippen LogP contribution < -0.4 is 5.32 Å². The highest BCUT2D eigenvalue weighted by atomic mass is 14.9. The van der Waals surface area contributed by atoms with E-state index in [-0.39, 0.29) is 30.2 Å². The molecule has 12 heavy (non-hydrogen) atoms. The quantitative estimate of drug-likeness (QED) is 0.723. The Morgan fingerprint density at radius 3 is 2.75 bits per heavy atom. The van der Waals surface area contributed by atoms with Crippen LogP contribution in [0.5, 0.6) is 0 Å². The molecule has 0 spiro atoms. The van der Waals surface area contributed by atoms with Crippen LogP contribution in [0.4, 0.5) is 0 Å². The van der Waals surface area contributed by atoms with Crippen LogP contribution in [0.25, 0.3) is 0 Å². The van der Waals surface area contributed by atoms with Crippen LogP contribution in [0, 0.1) is 5.92 Å². The van der Waals surface area contributed by atoms with Crippen LogP contribution in [0.3, 0.4) is 0 Å². The van der Waals surface area contributed by atoms with E-state index >= 15 is 0 Å². The summed E-state index contributed by atoms with van der Waals surface area (Å²) in [5.41, 5.74) is 0.358. The Morgan fingerprint density at radius 2 is 2.08 bits per heavy atom. The molecular weight excluding hydrogens is 146 g/mol. The molecule has 1 saturated carbocycles. The predicted octanol–water partition coefficient (Wildman–Crippen LogP) is 2.19. The monoisotopic (exact) mass is 166 g/mol. The van der Waals surface area contributed by atoms with E-state index in [2.05, 4.69) is 5.32 Å². The first-order chi connectivity index (χ1) is 8.02. The van der Waals surface area contributed by atoms with Gasteiger partial charge in [0.1, 0.15) is 0 Å². The second-order valence-electron chi connectivity index (χ2n) is 3.18. The third kappa shape index (κ3) is 2.35. The molecule has 0 atom stereocenters. The van der Waals surface area contributed by atoms with Gasteiger partial charge in [0, 0.05) is 6.54 Å². The topological polar surface area (TPSA) is 12.0 Å². The van der Waals surface area contributed by atoms with E-state index < -0.39 is 0 Å². The minimum Gasteiger partial charge on any atom is -0.312 e. The number of rotatable bonds is 4. The third-order valence-corrected chi connectivity index (χ3v) is 1.98. The fourth-order valence-corrected chi connectivity index (χ4v) is 1.09. The maximum Gasteiger partial charge on any atom is 0.0626 e. The maximum atomic E-state index is 7.72. The van der Waals surface area contributed by atoms with Gasteiger partial charge in [-0.2, -0.15) is 0 Å². The first-order valence-electron chi connectivity index (χ1n) is 6.79. The van der Waals surface area contributed by atoms with E-state index in [0.717, 1.165) is 6.54 Å². The van der Waals surface area contributed by atoms with Gasteiger partial charge in [-0.05, 0) is 30.9 Å². The van der Waals surface area contributed by atoms with Crippen molar-refractivity contribution < 1.29 is 6.85 Å². The highest BCUT2D eigenvalue weighted by Gasteiger charge is 2.19. The van der Waals surface area contributed by atoms with Gasteiger partial charge >= 0.3 is 0 Å². The molecule has 0 heterocycles. The van der Waals surface area contributed by atoms with Crippen molar-refractivity contribution in [3.05, 3.63) is 35.8 Å². The van der Waals surface area contributed by atoms with Crippen molar-refractivity contribution in [1.82, 2.24) is 5.32 Å². The van der Waals surface area contributed by atoms with E-state index in [0.29, 0.717) is 18.0 Å². The molecule has 1 aliphatic carbocycles. The Morgan fingerprint density at radius 1 is 1.33 bits per heavy atom. The zero-order chi connectivity index (χ0) is 12.6. The Kier molecular flexibility index (Phi) is 1.22. The van der Waals surface area contributed by atoms with Gasteiger partial charge in [-0.15, -0.1) is 0 Å². The Balaban J connectivity index is 2.19. The normalized spacial score (nSPS) is 22.2. The summed E-state index contributed by atoms with van der Waals surface area (Å²) in [5.74, 6) is 0.708. The van der Waals surface area contributed by atoms with Crippen molar-refractivity contribution in [2.24, 2.45) is 5.92 Å². The molecule has 64 valence electrons. The molecule has 1 aromatic rings. The summed E-state index contributed by atoms with van der Waals surface area (Å²) in [5, 5.41) is 3.15. The molecule has 1 nitrogen and oxygen atoms in total. The van der Waals surface area contributed by atoms with E-state index in [1.165, 1.54) is 12.8 Å². The molecule has 0 unspecified atom stereocenters. The second kappa shape index (κ2) is 3.72. The summed E-state index contributed by atoms with van der Waals surface area (Å²) in [7, 11) is 0. The maximum absolute atomic E-state index is 7.72. The van der Waals surface area contributed by atoms with E-state index in [4.69, 9.17) is 6.85 Å². The molecule has 1 N–H and O–H groups in total. The summed E-state index contributed by atoms with van der Waals surface area (Å²) in [6.45, 7) is 1.20. The van der Waals surface area contributed by atoms with Gasteiger partial charge in [0.2, 0.25) is 0 Å². The van der Waals surface area contributed by atoms with Crippen molar-refractivity contribution in [2.45, 2.75) is 19.4 Å². The molecule has 1 fully saturated rings. The average molecular weight is 166 g/mol. The van der Waals surface area contributed by atoms with Gasteiger partial charge in [0.05, 0.1) is 6.85 Å². The van der Waals surface area contributed by atoms with Crippen LogP contribution in [0.2, 0.25) is 0 Å². The summed E-state index contributed by atoms with van der Waals surface area (Å²) >= 11 is 0. The number of nitrogens with one attached hydrogen (secondary N) is 1. The second-order valence-corrected chi connectivity index (χ2v) is 3.18. The van der Waals surface area contributed by atoms with Crippen LogP contribution in [0.1, 0.15) is 25.3 Å². The van der Waals surface area contributed by atoms with Gasteiger partial charge in [-0.3, -0.25) is 0 Å². The summed E-state index contributed by atoms with van der Waals surface area (Å²) < 4.78 is 38.0. The zero-order valence-electron chi connectivity index (χ0n) is 11.9. The number of benzene rings is 1. The number of hydrogen-bond acceptors (Lipinski definition) is 1. The standard InChI is InChI=1S/C11H15N/c1-2-4-10(5-3-1)8-12-9-11-6-7-11/h1-5,11-12H,6-9H2/i1D,2D,3D,4D,5D. The van der Waals surface area contributed by atoms with Crippen molar-refractivity contribution in [1.29, 1.82) is 0 Å². The van der Waals surface area contributed by atoms with Gasteiger partial charge in [-0.25, -0.2) is 0 Å². The van der Waals surface area contributed by atoms with Gasteiger partial charge in [0.25, 0.3) is 0 Å². The molecule has 0 amide bonds. The van der Waals surface area contributed by atoms with Gasteiger partial charge < -0.3 is 5.32 Å². The van der Waals surface area contributed by atoms with Crippen molar-refractivity contribution in [2.75, 3.05) is 6.54 Å². The lowest BCUT2D eigenvalue weighted by Gasteiger charge is -2.02. The summed E-state index contributed by atoms with van der Waals surface area (Å²) in [6.07, 6.45) is 2.46. The highest BCUT2D eigenvalue weighted by Crippen LogP contribution is 2.27. The lowest BCUT2D eigenvalue weighted by molar-refractivity contribution is 0.639. The fraction of sp³-hybridized carbons (Fsp3) is 0.455. The summed E-state index contributed by atoms with van der Waals surface area (Å²) in [4.78, 5) is 0. The van der Waals surface area contributed by atoms with Crippen molar-refractivity contribution in [3.8, 4) is 0 Å². The average Bonchev–Trinajstić information content (AvgIpc) is 3.12. The molecule has 0 bridgehead atoms. The summed E-state index contributed by atoms with van der Waals surface area (Å²) in [6, 6.07) is -1.03. The molecule has 0 aliphatic heterocycles. The zero-order valence-corrected chi connectivity index (χ0v) is 6.91. The first kappa shape index (κ1) is 3.93. The first-order valence-corrected chi connectivity index (χ1v) is 4.29. The molecule has 0 aromatic heterocycles. The lowest BCUT2D eigenvalue weighted by atomic mass is 10.2. The Labute approximate surface area is 80.8 Å². The van der Waals surface area contributed by atoms with E-state index in [1.54, 1.807) is 0 Å². The molecule has 1 heteroatoms. The molecule has 0 saturated heterocycles. The Bertz CT molecular complexity index is 413. The smallest absolute Gasteiger partial charge is 0.0626 e. The lowest BCUT2D eigenvalue weighted by Crippen LogP contribution is -2.15. The molecule has 0 radical (unpaired) electrons. The predicted molar refractivity (Wildman–Crippen MR) is 50.9 cm³/mol. The van der Waals surface area contributed by atoms with E-state index in [1.807, 2.05) is 0 Å². The largest absolute Gasteiger partial charge is 0.312 e. The van der Waals surface area contributed by atoms with Crippen molar-refractivity contribution >= 4 is 0 Å². The van der Waals surface area contributed by atoms with Gasteiger partial charge in [0.15, 0.2) is 0 Å². The Hall–Kier alpha value is -0.820. The molecule has 1 aliphatic rings. The van der Waals surface area contributed by atoms with Gasteiger partial charge in [-0.1, -0.05) is 30.2 Å². The minimum atomic E-state index is -0.328. The van der Waals surface area contributed by atoms with Crippen molar-refractivity contribution in [3.63, 3.8) is 0 Å². The molecular formula is C11H15N. The minimum absolute atomic E-state index is 0.0979. The number of hydrogen-bond donors (Lipinski definition) is 1. The molecule has 2 rings (SSSR count). The van der Waals surface area contributed by atoms with Crippen LogP contribution in [-0.2, 0) is 6.54 Å². The SMILES string of the molecule is [2H]c1c([2H])c([2H])c(CNCC2CC2)c([2H])c1[2H]. The van der Waals surface area contributed by atoms with Crippen LogP contribution >= 0.6 is 0 Å². The third-order valence-electron chi connectivity index (χ3n) is 1.98.